The Hall–Kier alpha value is -3.15. The first-order chi connectivity index (χ1) is 11.5. The van der Waals surface area contributed by atoms with E-state index in [0.717, 1.165) is 11.3 Å². The molecule has 6 nitrogen and oxygen atoms in total. The van der Waals surface area contributed by atoms with Crippen molar-refractivity contribution in [1.29, 1.82) is 0 Å². The van der Waals surface area contributed by atoms with Gasteiger partial charge in [-0.1, -0.05) is 6.07 Å². The van der Waals surface area contributed by atoms with E-state index in [-0.39, 0.29) is 5.57 Å². The molecule has 0 saturated heterocycles. The largest absolute Gasteiger partial charge is 0.496 e. The van der Waals surface area contributed by atoms with Crippen LogP contribution in [0.5, 0.6) is 5.75 Å². The van der Waals surface area contributed by atoms with Gasteiger partial charge in [-0.05, 0) is 29.8 Å². The van der Waals surface area contributed by atoms with E-state index in [1.165, 1.54) is 13.2 Å². The monoisotopic (exact) mass is 326 g/mol. The zero-order chi connectivity index (χ0) is 17.5. The first-order valence-corrected chi connectivity index (χ1v) is 7.23. The zero-order valence-electron chi connectivity index (χ0n) is 13.5. The summed E-state index contributed by atoms with van der Waals surface area (Å²) in [5, 5.41) is 8.95. The molecular formula is C18H18N2O4. The SMILES string of the molecule is COc1cc(N(C)Cc2cccnc2)ccc1/C=C(\C=O)C(=O)O. The van der Waals surface area contributed by atoms with Crippen LogP contribution in [0.4, 0.5) is 5.69 Å². The van der Waals surface area contributed by atoms with Crippen LogP contribution in [0.25, 0.3) is 6.08 Å². The fourth-order valence-corrected chi connectivity index (χ4v) is 2.23. The summed E-state index contributed by atoms with van der Waals surface area (Å²) in [5.74, 6) is -0.782. The van der Waals surface area contributed by atoms with E-state index in [1.54, 1.807) is 24.5 Å². The molecule has 0 spiro atoms. The van der Waals surface area contributed by atoms with Gasteiger partial charge in [-0.2, -0.15) is 0 Å². The van der Waals surface area contributed by atoms with Gasteiger partial charge in [0.15, 0.2) is 6.29 Å². The minimum absolute atomic E-state index is 0.310. The molecule has 0 saturated carbocycles. The van der Waals surface area contributed by atoms with Gasteiger partial charge in [-0.25, -0.2) is 4.79 Å². The molecule has 0 bridgehead atoms. The molecule has 6 heteroatoms. The molecule has 0 radical (unpaired) electrons. The van der Waals surface area contributed by atoms with E-state index in [9.17, 15) is 9.59 Å². The Labute approximate surface area is 140 Å². The summed E-state index contributed by atoms with van der Waals surface area (Å²) in [7, 11) is 3.43. The first kappa shape index (κ1) is 17.2. The minimum atomic E-state index is -1.27. The lowest BCUT2D eigenvalue weighted by Gasteiger charge is -2.20. The van der Waals surface area contributed by atoms with Crippen LogP contribution in [0.3, 0.4) is 0 Å². The van der Waals surface area contributed by atoms with Gasteiger partial charge >= 0.3 is 5.97 Å². The van der Waals surface area contributed by atoms with E-state index in [0.29, 0.717) is 24.1 Å². The summed E-state index contributed by atoms with van der Waals surface area (Å²) < 4.78 is 5.32. The molecule has 124 valence electrons. The highest BCUT2D eigenvalue weighted by molar-refractivity contribution is 6.11. The molecule has 0 aliphatic heterocycles. The summed E-state index contributed by atoms with van der Waals surface area (Å²) in [5.41, 5.74) is 2.16. The number of nitrogens with zero attached hydrogens (tertiary/aromatic N) is 2. The second kappa shape index (κ2) is 7.92. The minimum Gasteiger partial charge on any atom is -0.496 e. The molecule has 0 aliphatic carbocycles. The van der Waals surface area contributed by atoms with Gasteiger partial charge in [-0.3, -0.25) is 9.78 Å². The number of rotatable bonds is 7. The van der Waals surface area contributed by atoms with Crippen LogP contribution >= 0.6 is 0 Å². The number of carboxylic acids is 1. The molecule has 1 aromatic heterocycles. The quantitative estimate of drug-likeness (QED) is 0.364. The second-order valence-corrected chi connectivity index (χ2v) is 5.17. The van der Waals surface area contributed by atoms with E-state index >= 15 is 0 Å². The van der Waals surface area contributed by atoms with E-state index < -0.39 is 5.97 Å². The Kier molecular flexibility index (Phi) is 5.68. The normalized spacial score (nSPS) is 11.0. The van der Waals surface area contributed by atoms with Crippen LogP contribution < -0.4 is 9.64 Å². The number of carbonyl (C=O) groups is 2. The standard InChI is InChI=1S/C18H18N2O4/c1-20(11-13-4-3-7-19-10-13)16-6-5-14(17(9-16)24-2)8-15(12-21)18(22)23/h3-10,12H,11H2,1-2H3,(H,22,23)/b15-8+. The topological polar surface area (TPSA) is 79.7 Å². The molecule has 1 aromatic carbocycles. The summed E-state index contributed by atoms with van der Waals surface area (Å²) in [6.45, 7) is 0.668. The van der Waals surface area contributed by atoms with E-state index in [4.69, 9.17) is 9.84 Å². The van der Waals surface area contributed by atoms with Gasteiger partial charge < -0.3 is 14.7 Å². The van der Waals surface area contributed by atoms with Crippen LogP contribution in [0.1, 0.15) is 11.1 Å². The third-order valence-corrected chi connectivity index (χ3v) is 3.49. The lowest BCUT2D eigenvalue weighted by molar-refractivity contribution is -0.133. The second-order valence-electron chi connectivity index (χ2n) is 5.17. The van der Waals surface area contributed by atoms with Crippen molar-refractivity contribution in [2.24, 2.45) is 0 Å². The molecule has 2 aromatic rings. The number of hydrogen-bond acceptors (Lipinski definition) is 5. The van der Waals surface area contributed by atoms with Crippen LogP contribution in [0.2, 0.25) is 0 Å². The predicted octanol–water partition coefficient (Wildman–Crippen LogP) is 2.39. The number of pyridine rings is 1. The maximum Gasteiger partial charge on any atom is 0.339 e. The van der Waals surface area contributed by atoms with Crippen molar-refractivity contribution in [1.82, 2.24) is 4.98 Å². The highest BCUT2D eigenvalue weighted by Crippen LogP contribution is 2.27. The first-order valence-electron chi connectivity index (χ1n) is 7.23. The number of aldehydes is 1. The summed E-state index contributed by atoms with van der Waals surface area (Å²) in [4.78, 5) is 27.9. The highest BCUT2D eigenvalue weighted by Gasteiger charge is 2.10. The van der Waals surface area contributed by atoms with Crippen LogP contribution in [-0.4, -0.2) is 36.5 Å². The zero-order valence-corrected chi connectivity index (χ0v) is 13.5. The van der Waals surface area contributed by atoms with Crippen molar-refractivity contribution < 1.29 is 19.4 Å². The highest BCUT2D eigenvalue weighted by atomic mass is 16.5. The average Bonchev–Trinajstić information content (AvgIpc) is 2.60. The Morgan fingerprint density at radius 3 is 2.75 bits per heavy atom. The number of carbonyl (C=O) groups excluding carboxylic acids is 1. The molecule has 0 atom stereocenters. The number of methoxy groups -OCH3 is 1. The number of hydrogen-bond donors (Lipinski definition) is 1. The van der Waals surface area contributed by atoms with Crippen molar-refractivity contribution in [2.75, 3.05) is 19.1 Å². The van der Waals surface area contributed by atoms with Gasteiger partial charge in [0.05, 0.1) is 12.7 Å². The van der Waals surface area contributed by atoms with Crippen LogP contribution in [-0.2, 0) is 16.1 Å². The number of anilines is 1. The van der Waals surface area contributed by atoms with Crippen LogP contribution in [0, 0.1) is 0 Å². The molecule has 1 heterocycles. The Bertz CT molecular complexity index is 757. The fraction of sp³-hybridized carbons (Fsp3) is 0.167. The van der Waals surface area contributed by atoms with Gasteiger partial charge in [0, 0.05) is 43.3 Å². The third-order valence-electron chi connectivity index (χ3n) is 3.49. The number of aromatic nitrogens is 1. The Morgan fingerprint density at radius 2 is 2.17 bits per heavy atom. The summed E-state index contributed by atoms with van der Waals surface area (Å²) in [6, 6.07) is 9.23. The Morgan fingerprint density at radius 1 is 1.38 bits per heavy atom. The summed E-state index contributed by atoms with van der Waals surface area (Å²) >= 11 is 0. The molecule has 24 heavy (non-hydrogen) atoms. The number of benzene rings is 1. The Balaban J connectivity index is 2.28. The van der Waals surface area contributed by atoms with Crippen molar-refractivity contribution in [3.8, 4) is 5.75 Å². The van der Waals surface area contributed by atoms with Crippen molar-refractivity contribution in [3.63, 3.8) is 0 Å². The fourth-order valence-electron chi connectivity index (χ4n) is 2.23. The molecule has 2 rings (SSSR count). The van der Waals surface area contributed by atoms with Gasteiger partial charge in [0.2, 0.25) is 0 Å². The van der Waals surface area contributed by atoms with Gasteiger partial charge in [-0.15, -0.1) is 0 Å². The van der Waals surface area contributed by atoms with Crippen molar-refractivity contribution in [3.05, 3.63) is 59.4 Å². The lowest BCUT2D eigenvalue weighted by atomic mass is 10.1. The van der Waals surface area contributed by atoms with Gasteiger partial charge in [0.25, 0.3) is 0 Å². The van der Waals surface area contributed by atoms with E-state index in [2.05, 4.69) is 4.98 Å². The average molecular weight is 326 g/mol. The molecule has 0 unspecified atom stereocenters. The number of carboxylic acid groups (broad SMARTS) is 1. The molecular weight excluding hydrogens is 308 g/mol. The molecule has 0 aliphatic rings. The van der Waals surface area contributed by atoms with Crippen molar-refractivity contribution in [2.45, 2.75) is 6.54 Å². The maximum absolute atomic E-state index is 11.0. The molecule has 0 fully saturated rings. The molecule has 0 amide bonds. The molecule has 1 N–H and O–H groups in total. The number of aliphatic carboxylic acids is 1. The number of ether oxygens (including phenoxy) is 1. The smallest absolute Gasteiger partial charge is 0.339 e. The van der Waals surface area contributed by atoms with Crippen LogP contribution in [0.15, 0.2) is 48.3 Å². The maximum atomic E-state index is 11.0. The summed E-state index contributed by atoms with van der Waals surface area (Å²) in [6.07, 6.45) is 5.12. The van der Waals surface area contributed by atoms with Crippen molar-refractivity contribution >= 4 is 24.0 Å². The lowest BCUT2D eigenvalue weighted by Crippen LogP contribution is -2.16. The van der Waals surface area contributed by atoms with E-state index in [1.807, 2.05) is 30.1 Å². The predicted molar refractivity (Wildman–Crippen MR) is 91.0 cm³/mol. The van der Waals surface area contributed by atoms with Gasteiger partial charge in [0.1, 0.15) is 5.75 Å². The third kappa shape index (κ3) is 4.19.